The lowest BCUT2D eigenvalue weighted by Crippen LogP contribution is -2.61. The standard InChI is InChI=1S/C54H94N22O16/c1-3-28(2)39(26-77)76-49(89)35(15-17-42(80)81)72-52(92)38(24-43(82)83)75-50(90)36(22-29-25-64-27-67-29)74-47(87)32(12-5-7-19-56)68-46(86)33(13-9-21-66-54(62)63)70-45(85)31(11-4-6-18-55)69-48(88)34(14-16-40(58)78)71-51(91)37(23-41(59)79)73-44(84)30(57)10-8-20-65-53(60)61/h25-28,30-39H,3-24,55-57H2,1-2H3,(H2,58,78)(H2,59,79)(H,64,67)(H,68,86)(H,69,88)(H,70,85)(H,71,91)(H,72,92)(H,73,84)(H,74,87)(H,75,90)(H,76,89)(H,80,81)(H,82,83)(H4,60,61,65)(H4,62,63,66)/t28-,30-,31-,32-,33-,34-,35-,36-,37-,38-,39+/m0/s1. The van der Waals surface area contributed by atoms with Gasteiger partial charge in [0, 0.05) is 44.2 Å². The average Bonchev–Trinajstić information content (AvgIpc) is 1.26. The minimum atomic E-state index is -1.98. The molecular formula is C54H94N22O16. The van der Waals surface area contributed by atoms with E-state index in [1.165, 1.54) is 12.5 Å². The molecule has 0 saturated heterocycles. The number of carbonyl (C=O) groups is 14. The van der Waals surface area contributed by atoms with Gasteiger partial charge >= 0.3 is 11.9 Å². The Hall–Kier alpha value is -9.59. The van der Waals surface area contributed by atoms with Crippen LogP contribution < -0.4 is 99.5 Å². The molecule has 0 radical (unpaired) electrons. The predicted molar refractivity (Wildman–Crippen MR) is 330 cm³/mol. The maximum absolute atomic E-state index is 14.6. The normalized spacial score (nSPS) is 14.5. The first-order valence-electron chi connectivity index (χ1n) is 29.9. The van der Waals surface area contributed by atoms with Crippen LogP contribution in [0.3, 0.4) is 0 Å². The molecule has 0 spiro atoms. The zero-order chi connectivity index (χ0) is 69.5. The van der Waals surface area contributed by atoms with Crippen LogP contribution in [-0.4, -0.2) is 202 Å². The van der Waals surface area contributed by atoms with E-state index in [0.717, 1.165) is 0 Å². The number of nitrogens with one attached hydrogen (secondary N) is 10. The lowest BCUT2D eigenvalue weighted by atomic mass is 9.99. The maximum atomic E-state index is 14.6. The summed E-state index contributed by atoms with van der Waals surface area (Å²) < 4.78 is 0. The number of hydrogen-bond donors (Lipinski definition) is 21. The lowest BCUT2D eigenvalue weighted by molar-refractivity contribution is -0.141. The number of carboxylic acids is 2. The van der Waals surface area contributed by atoms with E-state index in [2.05, 4.69) is 67.8 Å². The third-order valence-electron chi connectivity index (χ3n) is 14.0. The number of aliphatic carboxylic acids is 2. The molecule has 11 atom stereocenters. The second-order valence-electron chi connectivity index (χ2n) is 21.6. The quantitative estimate of drug-likeness (QED) is 0.0125. The van der Waals surface area contributed by atoms with E-state index in [-0.39, 0.29) is 101 Å². The molecule has 0 aliphatic carbocycles. The number of imidazole rings is 1. The van der Waals surface area contributed by atoms with Crippen molar-refractivity contribution >= 4 is 95.1 Å². The second-order valence-corrected chi connectivity index (χ2v) is 21.6. The van der Waals surface area contributed by atoms with E-state index in [1.807, 2.05) is 0 Å². The number of nitrogens with two attached hydrogens (primary N) is 9. The molecule has 1 heterocycles. The largest absolute Gasteiger partial charge is 0.481 e. The van der Waals surface area contributed by atoms with Crippen LogP contribution >= 0.6 is 0 Å². The molecule has 92 heavy (non-hydrogen) atoms. The minimum absolute atomic E-state index is 0.0113. The van der Waals surface area contributed by atoms with Gasteiger partial charge in [0.1, 0.15) is 54.6 Å². The zero-order valence-corrected chi connectivity index (χ0v) is 51.8. The number of carboxylic acid groups (broad SMARTS) is 2. The Kier molecular flexibility index (Phi) is 38.4. The summed E-state index contributed by atoms with van der Waals surface area (Å²) >= 11 is 0. The van der Waals surface area contributed by atoms with Gasteiger partial charge in [-0.05, 0) is 96.1 Å². The Morgan fingerprint density at radius 2 is 0.891 bits per heavy atom. The van der Waals surface area contributed by atoms with Gasteiger partial charge in [0.25, 0.3) is 0 Å². The summed E-state index contributed by atoms with van der Waals surface area (Å²) in [6.45, 7) is 3.71. The van der Waals surface area contributed by atoms with E-state index in [4.69, 9.17) is 51.6 Å². The number of guanidine groups is 2. The van der Waals surface area contributed by atoms with Gasteiger partial charge in [-0.3, -0.25) is 72.3 Å². The van der Waals surface area contributed by atoms with Gasteiger partial charge in [0.15, 0.2) is 11.9 Å². The number of hydrogen-bond acceptors (Lipinski definition) is 20. The van der Waals surface area contributed by atoms with Crippen LogP contribution in [0, 0.1) is 5.92 Å². The minimum Gasteiger partial charge on any atom is -0.481 e. The van der Waals surface area contributed by atoms with Crippen molar-refractivity contribution in [2.45, 2.75) is 190 Å². The van der Waals surface area contributed by atoms with Gasteiger partial charge in [-0.25, -0.2) is 4.98 Å². The molecule has 1 rings (SSSR count). The second kappa shape index (κ2) is 44.0. The fraction of sp³-hybridized carbons (Fsp3) is 0.648. The molecule has 11 amide bonds. The smallest absolute Gasteiger partial charge is 0.305 e. The maximum Gasteiger partial charge on any atom is 0.305 e. The zero-order valence-electron chi connectivity index (χ0n) is 51.8. The average molecular weight is 1310 g/mol. The monoisotopic (exact) mass is 1310 g/mol. The van der Waals surface area contributed by atoms with E-state index in [0.29, 0.717) is 25.5 Å². The number of aromatic nitrogens is 2. The molecule has 30 N–H and O–H groups in total. The Labute approximate surface area is 530 Å². The van der Waals surface area contributed by atoms with Gasteiger partial charge in [-0.2, -0.15) is 0 Å². The summed E-state index contributed by atoms with van der Waals surface area (Å²) in [6, 6.07) is -15.6. The number of carbonyl (C=O) groups excluding carboxylic acids is 12. The Morgan fingerprint density at radius 1 is 0.500 bits per heavy atom. The summed E-state index contributed by atoms with van der Waals surface area (Å²) in [7, 11) is 0. The van der Waals surface area contributed by atoms with Gasteiger partial charge in [-0.1, -0.05) is 20.3 Å². The fourth-order valence-electron chi connectivity index (χ4n) is 8.67. The van der Waals surface area contributed by atoms with Gasteiger partial charge in [0.2, 0.25) is 65.0 Å². The van der Waals surface area contributed by atoms with Crippen molar-refractivity contribution in [1.29, 1.82) is 0 Å². The highest BCUT2D eigenvalue weighted by molar-refractivity contribution is 6.00. The molecule has 516 valence electrons. The Balaban J connectivity index is 3.76. The molecule has 38 heteroatoms. The van der Waals surface area contributed by atoms with Gasteiger partial charge in [0.05, 0.1) is 31.3 Å². The van der Waals surface area contributed by atoms with E-state index in [1.54, 1.807) is 13.8 Å². The number of unbranched alkanes of at least 4 members (excludes halogenated alkanes) is 2. The summed E-state index contributed by atoms with van der Waals surface area (Å²) in [6.07, 6.45) is -0.244. The SMILES string of the molecule is CC[C@H](C)[C@@H](C=O)NC(=O)[C@H](CCC(=O)O)NC(=O)[C@H](CC(=O)O)NC(=O)[C@H](Cc1cnc[nH]1)NC(=O)[C@H](CCCCN)NC(=O)[C@H](CCCN=C(N)N)NC(=O)[C@H](CCCCN)NC(=O)[C@H](CCC(N)=O)NC(=O)[C@H](CC(N)=O)NC(=O)[C@@H](N)CCCN=C(N)N. The van der Waals surface area contributed by atoms with Gasteiger partial charge in [-0.15, -0.1) is 0 Å². The van der Waals surface area contributed by atoms with E-state index < -0.39 is 182 Å². The van der Waals surface area contributed by atoms with Crippen molar-refractivity contribution in [3.8, 4) is 0 Å². The summed E-state index contributed by atoms with van der Waals surface area (Å²) in [5.74, 6) is -15.3. The lowest BCUT2D eigenvalue weighted by Gasteiger charge is -2.28. The number of nitrogens with zero attached hydrogens (tertiary/aromatic N) is 3. The van der Waals surface area contributed by atoms with Crippen LogP contribution in [0.1, 0.15) is 129 Å². The van der Waals surface area contributed by atoms with Crippen LogP contribution in [0.2, 0.25) is 0 Å². The molecule has 1 aromatic rings. The number of aliphatic imine (C=N–C) groups is 2. The Bertz CT molecular complexity index is 2670. The molecule has 38 nitrogen and oxygen atoms in total. The predicted octanol–water partition coefficient (Wildman–Crippen LogP) is -8.27. The first-order chi connectivity index (χ1) is 43.5. The Morgan fingerprint density at radius 3 is 1.29 bits per heavy atom. The van der Waals surface area contributed by atoms with Crippen LogP contribution in [0.25, 0.3) is 0 Å². The summed E-state index contributed by atoms with van der Waals surface area (Å²) in [5.41, 5.74) is 50.3. The number of rotatable bonds is 49. The fourth-order valence-corrected chi connectivity index (χ4v) is 8.67. The van der Waals surface area contributed by atoms with Crippen molar-refractivity contribution in [3.05, 3.63) is 18.2 Å². The van der Waals surface area contributed by atoms with Crippen LogP contribution in [-0.2, 0) is 73.5 Å². The molecule has 0 aliphatic heterocycles. The number of aldehydes is 1. The van der Waals surface area contributed by atoms with E-state index in [9.17, 15) is 77.3 Å². The van der Waals surface area contributed by atoms with Crippen molar-refractivity contribution in [1.82, 2.24) is 57.8 Å². The first-order valence-corrected chi connectivity index (χ1v) is 29.9. The molecule has 0 aromatic carbocycles. The molecule has 0 bridgehead atoms. The van der Waals surface area contributed by atoms with Crippen LogP contribution in [0.4, 0.5) is 0 Å². The molecule has 0 aliphatic rings. The van der Waals surface area contributed by atoms with Crippen LogP contribution in [0.15, 0.2) is 22.5 Å². The van der Waals surface area contributed by atoms with Crippen molar-refractivity contribution in [2.24, 2.45) is 67.5 Å². The topological polar surface area (TPSA) is 675 Å². The molecule has 0 unspecified atom stereocenters. The van der Waals surface area contributed by atoms with E-state index >= 15 is 0 Å². The molecule has 1 aromatic heterocycles. The highest BCUT2D eigenvalue weighted by atomic mass is 16.4. The number of amides is 11. The van der Waals surface area contributed by atoms with Crippen molar-refractivity contribution in [2.75, 3.05) is 26.2 Å². The first kappa shape index (κ1) is 80.4. The highest BCUT2D eigenvalue weighted by Gasteiger charge is 2.37. The third-order valence-corrected chi connectivity index (χ3v) is 14.0. The molecule has 0 saturated carbocycles. The molecule has 0 fully saturated rings. The van der Waals surface area contributed by atoms with Crippen LogP contribution in [0.5, 0.6) is 0 Å². The van der Waals surface area contributed by atoms with Gasteiger partial charge < -0.3 is 119 Å². The summed E-state index contributed by atoms with van der Waals surface area (Å²) in [4.78, 5) is 200. The summed E-state index contributed by atoms with van der Waals surface area (Å²) in [5, 5.41) is 41.2. The van der Waals surface area contributed by atoms with Crippen molar-refractivity contribution < 1.29 is 77.3 Å². The number of aromatic amines is 1. The highest BCUT2D eigenvalue weighted by Crippen LogP contribution is 2.13. The molecular weight excluding hydrogens is 1210 g/mol. The third kappa shape index (κ3) is 33.3. The number of primary amides is 2. The van der Waals surface area contributed by atoms with Crippen molar-refractivity contribution in [3.63, 3.8) is 0 Å². The number of H-pyrrole nitrogens is 1.